The molecule has 0 fully saturated rings. The Morgan fingerprint density at radius 3 is 2.60 bits per heavy atom. The number of nitrogens with one attached hydrogen (secondary N) is 1. The van der Waals surface area contributed by atoms with E-state index in [-0.39, 0.29) is 5.82 Å². The van der Waals surface area contributed by atoms with E-state index < -0.39 is 0 Å². The molecule has 1 N–H and O–H groups in total. The summed E-state index contributed by atoms with van der Waals surface area (Å²) in [5.41, 5.74) is 0.811. The summed E-state index contributed by atoms with van der Waals surface area (Å²) in [7, 11) is 0. The summed E-state index contributed by atoms with van der Waals surface area (Å²) < 4.78 is 13.9. The molecule has 0 amide bonds. The molecule has 0 aliphatic rings. The Balaban J connectivity index is 2.57. The molecule has 20 heavy (non-hydrogen) atoms. The maximum atomic E-state index is 13.9. The molecule has 0 unspecified atom stereocenters. The lowest BCUT2D eigenvalue weighted by Crippen LogP contribution is -2.25. The number of benzene rings is 1. The Labute approximate surface area is 127 Å². The second-order valence-electron chi connectivity index (χ2n) is 4.77. The predicted octanol–water partition coefficient (Wildman–Crippen LogP) is 3.76. The highest BCUT2D eigenvalue weighted by Crippen LogP contribution is 2.25. The van der Waals surface area contributed by atoms with Crippen molar-refractivity contribution in [3.63, 3.8) is 0 Å². The van der Waals surface area contributed by atoms with E-state index in [1.807, 2.05) is 6.07 Å². The standard InChI is InChI=1S/C16H27FN2S/c1-4-10-18-13-14-15(17)8-7-9-16(14)20-12-11-19(5-2)6-3/h7-9,18H,4-6,10-13H2,1-3H3. The van der Waals surface area contributed by atoms with Crippen LogP contribution in [0.2, 0.25) is 0 Å². The van der Waals surface area contributed by atoms with E-state index in [1.54, 1.807) is 23.9 Å². The monoisotopic (exact) mass is 298 g/mol. The molecule has 0 bridgehead atoms. The Morgan fingerprint density at radius 2 is 1.95 bits per heavy atom. The van der Waals surface area contributed by atoms with Crippen molar-refractivity contribution < 1.29 is 4.39 Å². The number of hydrogen-bond acceptors (Lipinski definition) is 3. The lowest BCUT2D eigenvalue weighted by molar-refractivity contribution is 0.324. The van der Waals surface area contributed by atoms with Gasteiger partial charge in [0.25, 0.3) is 0 Å². The summed E-state index contributed by atoms with van der Waals surface area (Å²) in [4.78, 5) is 3.46. The molecule has 0 aromatic heterocycles. The molecular weight excluding hydrogens is 271 g/mol. The van der Waals surface area contributed by atoms with Gasteiger partial charge in [0, 0.05) is 29.3 Å². The first kappa shape index (κ1) is 17.5. The quantitative estimate of drug-likeness (QED) is 0.523. The van der Waals surface area contributed by atoms with Crippen LogP contribution in [-0.4, -0.2) is 36.8 Å². The van der Waals surface area contributed by atoms with Gasteiger partial charge in [0.15, 0.2) is 0 Å². The third-order valence-electron chi connectivity index (χ3n) is 3.36. The summed E-state index contributed by atoms with van der Waals surface area (Å²) in [5.74, 6) is 0.910. The van der Waals surface area contributed by atoms with Crippen LogP contribution in [0.3, 0.4) is 0 Å². The van der Waals surface area contributed by atoms with Crippen LogP contribution in [-0.2, 0) is 6.54 Å². The van der Waals surface area contributed by atoms with Gasteiger partial charge in [-0.15, -0.1) is 11.8 Å². The summed E-state index contributed by atoms with van der Waals surface area (Å²) in [6, 6.07) is 5.38. The van der Waals surface area contributed by atoms with Gasteiger partial charge in [0.1, 0.15) is 5.82 Å². The fourth-order valence-electron chi connectivity index (χ4n) is 2.06. The lowest BCUT2D eigenvalue weighted by atomic mass is 10.2. The first-order chi connectivity index (χ1) is 9.72. The van der Waals surface area contributed by atoms with Crippen LogP contribution in [0.1, 0.15) is 32.8 Å². The molecule has 0 atom stereocenters. The first-order valence-electron chi connectivity index (χ1n) is 7.56. The number of halogens is 1. The fourth-order valence-corrected chi connectivity index (χ4v) is 3.15. The molecule has 0 saturated carbocycles. The zero-order valence-corrected chi connectivity index (χ0v) is 13.7. The molecule has 0 aliphatic heterocycles. The smallest absolute Gasteiger partial charge is 0.128 e. The normalized spacial score (nSPS) is 11.2. The molecule has 0 heterocycles. The van der Waals surface area contributed by atoms with E-state index in [0.717, 1.165) is 48.8 Å². The Bertz CT molecular complexity index is 381. The maximum absolute atomic E-state index is 13.9. The van der Waals surface area contributed by atoms with Crippen LogP contribution in [0.5, 0.6) is 0 Å². The van der Waals surface area contributed by atoms with Crippen molar-refractivity contribution in [3.8, 4) is 0 Å². The number of nitrogens with zero attached hydrogens (tertiary/aromatic N) is 1. The van der Waals surface area contributed by atoms with Crippen LogP contribution in [0, 0.1) is 5.82 Å². The van der Waals surface area contributed by atoms with Gasteiger partial charge in [-0.1, -0.05) is 26.8 Å². The van der Waals surface area contributed by atoms with E-state index in [0.29, 0.717) is 6.54 Å². The van der Waals surface area contributed by atoms with E-state index in [9.17, 15) is 4.39 Å². The van der Waals surface area contributed by atoms with Crippen LogP contribution >= 0.6 is 11.8 Å². The molecule has 0 saturated heterocycles. The highest BCUT2D eigenvalue weighted by molar-refractivity contribution is 7.99. The Morgan fingerprint density at radius 1 is 1.20 bits per heavy atom. The van der Waals surface area contributed by atoms with Crippen LogP contribution in [0.25, 0.3) is 0 Å². The average molecular weight is 298 g/mol. The van der Waals surface area contributed by atoms with Crippen molar-refractivity contribution in [2.45, 2.75) is 38.6 Å². The largest absolute Gasteiger partial charge is 0.313 e. The molecule has 1 aromatic carbocycles. The lowest BCUT2D eigenvalue weighted by Gasteiger charge is -2.18. The predicted molar refractivity (Wildman–Crippen MR) is 86.9 cm³/mol. The minimum Gasteiger partial charge on any atom is -0.313 e. The van der Waals surface area contributed by atoms with Crippen molar-refractivity contribution in [2.75, 3.05) is 31.9 Å². The molecular formula is C16H27FN2S. The summed E-state index contributed by atoms with van der Waals surface area (Å²) in [6.45, 7) is 11.2. The van der Waals surface area contributed by atoms with Crippen molar-refractivity contribution in [1.82, 2.24) is 10.2 Å². The Hall–Kier alpha value is -0.580. The van der Waals surface area contributed by atoms with Gasteiger partial charge in [-0.2, -0.15) is 0 Å². The number of hydrogen-bond donors (Lipinski definition) is 1. The van der Waals surface area contributed by atoms with Crippen molar-refractivity contribution in [2.24, 2.45) is 0 Å². The van der Waals surface area contributed by atoms with Crippen LogP contribution in [0.15, 0.2) is 23.1 Å². The average Bonchev–Trinajstić information content (AvgIpc) is 2.46. The molecule has 4 heteroatoms. The maximum Gasteiger partial charge on any atom is 0.128 e. The second-order valence-corrected chi connectivity index (χ2v) is 5.91. The molecule has 1 rings (SSSR count). The summed E-state index contributed by atoms with van der Waals surface area (Å²) in [6.07, 6.45) is 1.07. The Kier molecular flexibility index (Phi) is 8.90. The van der Waals surface area contributed by atoms with Gasteiger partial charge in [0.05, 0.1) is 0 Å². The second kappa shape index (κ2) is 10.2. The van der Waals surface area contributed by atoms with E-state index >= 15 is 0 Å². The van der Waals surface area contributed by atoms with Crippen molar-refractivity contribution >= 4 is 11.8 Å². The van der Waals surface area contributed by atoms with Gasteiger partial charge in [-0.25, -0.2) is 4.39 Å². The molecule has 0 radical (unpaired) electrons. The summed E-state index contributed by atoms with van der Waals surface area (Å²) >= 11 is 1.76. The highest BCUT2D eigenvalue weighted by Gasteiger charge is 2.09. The number of thioether (sulfide) groups is 1. The van der Waals surface area contributed by atoms with E-state index in [1.165, 1.54) is 0 Å². The van der Waals surface area contributed by atoms with Crippen LogP contribution < -0.4 is 5.32 Å². The van der Waals surface area contributed by atoms with E-state index in [2.05, 4.69) is 31.0 Å². The highest BCUT2D eigenvalue weighted by atomic mass is 32.2. The SMILES string of the molecule is CCCNCc1c(F)cccc1SCCN(CC)CC. The first-order valence-corrected chi connectivity index (χ1v) is 8.54. The van der Waals surface area contributed by atoms with Crippen molar-refractivity contribution in [1.29, 1.82) is 0 Å². The third-order valence-corrected chi connectivity index (χ3v) is 4.44. The third kappa shape index (κ3) is 5.81. The molecule has 0 spiro atoms. The van der Waals surface area contributed by atoms with Gasteiger partial charge in [-0.3, -0.25) is 0 Å². The van der Waals surface area contributed by atoms with Gasteiger partial charge >= 0.3 is 0 Å². The zero-order chi connectivity index (χ0) is 14.8. The topological polar surface area (TPSA) is 15.3 Å². The van der Waals surface area contributed by atoms with Gasteiger partial charge in [0.2, 0.25) is 0 Å². The van der Waals surface area contributed by atoms with Gasteiger partial charge in [-0.05, 0) is 38.2 Å². The number of rotatable bonds is 10. The zero-order valence-electron chi connectivity index (χ0n) is 12.9. The summed E-state index contributed by atoms with van der Waals surface area (Å²) in [5, 5.41) is 3.29. The van der Waals surface area contributed by atoms with Crippen LogP contribution in [0.4, 0.5) is 4.39 Å². The van der Waals surface area contributed by atoms with Crippen molar-refractivity contribution in [3.05, 3.63) is 29.6 Å². The molecule has 114 valence electrons. The van der Waals surface area contributed by atoms with E-state index in [4.69, 9.17) is 0 Å². The fraction of sp³-hybridized carbons (Fsp3) is 0.625. The van der Waals surface area contributed by atoms with Gasteiger partial charge < -0.3 is 10.2 Å². The molecule has 2 nitrogen and oxygen atoms in total. The molecule has 1 aromatic rings. The molecule has 0 aliphatic carbocycles. The minimum atomic E-state index is -0.0959. The minimum absolute atomic E-state index is 0.0959.